The highest BCUT2D eigenvalue weighted by Gasteiger charge is 2.09. The predicted molar refractivity (Wildman–Crippen MR) is 78.8 cm³/mol. The van der Waals surface area contributed by atoms with Gasteiger partial charge in [-0.1, -0.05) is 24.6 Å². The summed E-state index contributed by atoms with van der Waals surface area (Å²) in [4.78, 5) is 0. The maximum Gasteiger partial charge on any atom is 0.126 e. The van der Waals surface area contributed by atoms with Gasteiger partial charge in [0.25, 0.3) is 0 Å². The molecule has 0 amide bonds. The summed E-state index contributed by atoms with van der Waals surface area (Å²) in [6, 6.07) is 8.87. The highest BCUT2D eigenvalue weighted by atomic mass is 35.5. The van der Waals surface area contributed by atoms with Gasteiger partial charge >= 0.3 is 0 Å². The molecule has 0 aromatic heterocycles. The van der Waals surface area contributed by atoms with Crippen molar-refractivity contribution < 1.29 is 8.78 Å². The van der Waals surface area contributed by atoms with Crippen molar-refractivity contribution in [3.05, 3.63) is 58.6 Å². The van der Waals surface area contributed by atoms with Crippen LogP contribution < -0.4 is 5.32 Å². The van der Waals surface area contributed by atoms with Crippen molar-refractivity contribution in [2.24, 2.45) is 0 Å². The minimum Gasteiger partial charge on any atom is -0.313 e. The zero-order valence-corrected chi connectivity index (χ0v) is 12.0. The Bertz CT molecular complexity index is 579. The van der Waals surface area contributed by atoms with E-state index in [2.05, 4.69) is 12.2 Å². The van der Waals surface area contributed by atoms with E-state index in [0.717, 1.165) is 30.2 Å². The smallest absolute Gasteiger partial charge is 0.126 e. The molecule has 2 rings (SSSR count). The van der Waals surface area contributed by atoms with E-state index in [1.165, 1.54) is 12.1 Å². The summed E-state index contributed by atoms with van der Waals surface area (Å²) in [5.41, 5.74) is 2.24. The molecule has 2 aromatic rings. The van der Waals surface area contributed by atoms with Crippen molar-refractivity contribution in [1.82, 2.24) is 5.32 Å². The summed E-state index contributed by atoms with van der Waals surface area (Å²) in [7, 11) is 0. The minimum absolute atomic E-state index is 0.521. The summed E-state index contributed by atoms with van der Waals surface area (Å²) in [6.45, 7) is 3.57. The fraction of sp³-hybridized carbons (Fsp3) is 0.250. The van der Waals surface area contributed by atoms with Crippen molar-refractivity contribution in [1.29, 1.82) is 0 Å². The summed E-state index contributed by atoms with van der Waals surface area (Å²) in [5.74, 6) is -1.16. The van der Waals surface area contributed by atoms with E-state index in [0.29, 0.717) is 17.1 Å². The molecule has 0 unspecified atom stereocenters. The van der Waals surface area contributed by atoms with Gasteiger partial charge in [0.05, 0.1) is 0 Å². The number of halogens is 3. The van der Waals surface area contributed by atoms with Crippen molar-refractivity contribution in [2.75, 3.05) is 6.54 Å². The maximum atomic E-state index is 13.3. The van der Waals surface area contributed by atoms with Gasteiger partial charge in [0, 0.05) is 17.6 Å². The van der Waals surface area contributed by atoms with E-state index in [-0.39, 0.29) is 0 Å². The number of nitrogens with one attached hydrogen (secondary N) is 1. The lowest BCUT2D eigenvalue weighted by molar-refractivity contribution is 0.584. The Morgan fingerprint density at radius 2 is 1.75 bits per heavy atom. The van der Waals surface area contributed by atoms with Crippen LogP contribution in [-0.2, 0) is 6.54 Å². The lowest BCUT2D eigenvalue weighted by Crippen LogP contribution is -2.14. The quantitative estimate of drug-likeness (QED) is 0.782. The average Bonchev–Trinajstić information content (AvgIpc) is 2.38. The molecule has 0 atom stereocenters. The van der Waals surface area contributed by atoms with Gasteiger partial charge in [0.15, 0.2) is 0 Å². The highest BCUT2D eigenvalue weighted by Crippen LogP contribution is 2.28. The summed E-state index contributed by atoms with van der Waals surface area (Å²) in [6.07, 6.45) is 1.02. The lowest BCUT2D eigenvalue weighted by Gasteiger charge is -2.11. The molecular formula is C16H16ClF2N. The van der Waals surface area contributed by atoms with Gasteiger partial charge in [0.1, 0.15) is 11.6 Å². The Hall–Kier alpha value is -1.45. The van der Waals surface area contributed by atoms with Crippen LogP contribution in [0.15, 0.2) is 36.4 Å². The van der Waals surface area contributed by atoms with Gasteiger partial charge < -0.3 is 5.32 Å². The number of benzene rings is 2. The Morgan fingerprint density at radius 3 is 2.40 bits per heavy atom. The second kappa shape index (κ2) is 6.82. The van der Waals surface area contributed by atoms with Crippen LogP contribution in [0.1, 0.15) is 18.9 Å². The standard InChI is InChI=1S/C16H16ClF2N/c1-2-5-20-10-12-6-13(17)3-4-16(12)11-7-14(18)9-15(19)8-11/h3-4,6-9,20H,2,5,10H2,1H3. The van der Waals surface area contributed by atoms with Crippen molar-refractivity contribution in [3.63, 3.8) is 0 Å². The minimum atomic E-state index is -0.581. The normalized spacial score (nSPS) is 10.8. The molecule has 2 aromatic carbocycles. The molecular weight excluding hydrogens is 280 g/mol. The van der Waals surface area contributed by atoms with Crippen LogP contribution in [0.3, 0.4) is 0 Å². The molecule has 0 aliphatic heterocycles. The van der Waals surface area contributed by atoms with Crippen molar-refractivity contribution in [3.8, 4) is 11.1 Å². The molecule has 20 heavy (non-hydrogen) atoms. The Labute approximate surface area is 122 Å². The van der Waals surface area contributed by atoms with Crippen LogP contribution in [0.5, 0.6) is 0 Å². The predicted octanol–water partition coefficient (Wildman–Crippen LogP) is 4.78. The first kappa shape index (κ1) is 14.9. The molecule has 0 radical (unpaired) electrons. The zero-order chi connectivity index (χ0) is 14.5. The first-order valence-electron chi connectivity index (χ1n) is 6.55. The number of hydrogen-bond donors (Lipinski definition) is 1. The maximum absolute atomic E-state index is 13.3. The monoisotopic (exact) mass is 295 g/mol. The van der Waals surface area contributed by atoms with Gasteiger partial charge in [-0.3, -0.25) is 0 Å². The Morgan fingerprint density at radius 1 is 1.05 bits per heavy atom. The molecule has 1 N–H and O–H groups in total. The van der Waals surface area contributed by atoms with E-state index >= 15 is 0 Å². The number of rotatable bonds is 5. The topological polar surface area (TPSA) is 12.0 Å². The summed E-state index contributed by atoms with van der Waals surface area (Å²) >= 11 is 6.00. The van der Waals surface area contributed by atoms with Crippen LogP contribution in [-0.4, -0.2) is 6.54 Å². The summed E-state index contributed by atoms with van der Waals surface area (Å²) in [5, 5.41) is 3.88. The van der Waals surface area contributed by atoms with Crippen molar-refractivity contribution in [2.45, 2.75) is 19.9 Å². The Balaban J connectivity index is 2.39. The fourth-order valence-corrected chi connectivity index (χ4v) is 2.29. The van der Waals surface area contributed by atoms with E-state index < -0.39 is 11.6 Å². The van der Waals surface area contributed by atoms with Gasteiger partial charge in [-0.25, -0.2) is 8.78 Å². The lowest BCUT2D eigenvalue weighted by atomic mass is 9.99. The van der Waals surface area contributed by atoms with Crippen LogP contribution in [0.4, 0.5) is 8.78 Å². The van der Waals surface area contributed by atoms with Crippen LogP contribution >= 0.6 is 11.6 Å². The third kappa shape index (κ3) is 3.78. The van der Waals surface area contributed by atoms with Crippen LogP contribution in [0, 0.1) is 11.6 Å². The van der Waals surface area contributed by atoms with E-state index in [4.69, 9.17) is 11.6 Å². The summed E-state index contributed by atoms with van der Waals surface area (Å²) < 4.78 is 26.7. The van der Waals surface area contributed by atoms with Crippen LogP contribution in [0.2, 0.25) is 5.02 Å². The molecule has 0 saturated heterocycles. The van der Waals surface area contributed by atoms with E-state index in [1.54, 1.807) is 12.1 Å². The van der Waals surface area contributed by atoms with Gasteiger partial charge in [0.2, 0.25) is 0 Å². The van der Waals surface area contributed by atoms with Gasteiger partial charge in [-0.15, -0.1) is 0 Å². The molecule has 0 saturated carbocycles. The molecule has 0 heterocycles. The molecule has 0 bridgehead atoms. The third-order valence-electron chi connectivity index (χ3n) is 2.98. The SMILES string of the molecule is CCCNCc1cc(Cl)ccc1-c1cc(F)cc(F)c1. The van der Waals surface area contributed by atoms with E-state index in [1.807, 2.05) is 6.07 Å². The third-order valence-corrected chi connectivity index (χ3v) is 3.22. The molecule has 0 aliphatic carbocycles. The molecule has 106 valence electrons. The van der Waals surface area contributed by atoms with Crippen LogP contribution in [0.25, 0.3) is 11.1 Å². The fourth-order valence-electron chi connectivity index (χ4n) is 2.10. The van der Waals surface area contributed by atoms with E-state index in [9.17, 15) is 8.78 Å². The van der Waals surface area contributed by atoms with Gasteiger partial charge in [-0.05, 0) is 53.9 Å². The average molecular weight is 296 g/mol. The molecule has 0 spiro atoms. The van der Waals surface area contributed by atoms with Gasteiger partial charge in [-0.2, -0.15) is 0 Å². The largest absolute Gasteiger partial charge is 0.313 e. The molecule has 0 aliphatic rings. The second-order valence-electron chi connectivity index (χ2n) is 4.64. The second-order valence-corrected chi connectivity index (χ2v) is 5.07. The number of hydrogen-bond acceptors (Lipinski definition) is 1. The highest BCUT2D eigenvalue weighted by molar-refractivity contribution is 6.30. The first-order chi connectivity index (χ1) is 9.60. The van der Waals surface area contributed by atoms with Crippen molar-refractivity contribution >= 4 is 11.6 Å². The molecule has 1 nitrogen and oxygen atoms in total. The zero-order valence-electron chi connectivity index (χ0n) is 11.2. The first-order valence-corrected chi connectivity index (χ1v) is 6.93. The molecule has 4 heteroatoms. The Kier molecular flexibility index (Phi) is 5.10. The molecule has 0 fully saturated rings.